The highest BCUT2D eigenvalue weighted by atomic mass is 16.5. The summed E-state index contributed by atoms with van der Waals surface area (Å²) in [6.45, 7) is 1.56. The van der Waals surface area contributed by atoms with E-state index in [0.717, 1.165) is 48.5 Å². The second-order valence-electron chi connectivity index (χ2n) is 9.00. The fourth-order valence-corrected chi connectivity index (χ4v) is 5.06. The zero-order chi connectivity index (χ0) is 23.5. The number of fused-ring (bicyclic) bond motifs is 1. The van der Waals surface area contributed by atoms with Crippen molar-refractivity contribution in [1.82, 2.24) is 9.88 Å². The van der Waals surface area contributed by atoms with Crippen molar-refractivity contribution in [1.29, 1.82) is 0 Å². The fourth-order valence-electron chi connectivity index (χ4n) is 5.06. The summed E-state index contributed by atoms with van der Waals surface area (Å²) in [6, 6.07) is 23.8. The molecule has 2 heterocycles. The monoisotopic (exact) mass is 454 g/mol. The number of hydrogen-bond donors (Lipinski definition) is 2. The van der Waals surface area contributed by atoms with Crippen molar-refractivity contribution in [3.8, 4) is 22.8 Å². The normalized spacial score (nSPS) is 14.4. The number of likely N-dealkylation sites (tertiary alicyclic amines) is 1. The minimum absolute atomic E-state index is 0.218. The molecule has 0 bridgehead atoms. The van der Waals surface area contributed by atoms with Gasteiger partial charge in [0.25, 0.3) is 0 Å². The van der Waals surface area contributed by atoms with Gasteiger partial charge in [-0.25, -0.2) is 0 Å². The highest BCUT2D eigenvalue weighted by Gasteiger charge is 2.24. The highest BCUT2D eigenvalue weighted by molar-refractivity contribution is 5.91. The first-order valence-corrected chi connectivity index (χ1v) is 11.9. The Labute approximate surface area is 200 Å². The largest absolute Gasteiger partial charge is 0.508 e. The van der Waals surface area contributed by atoms with Crippen LogP contribution < -0.4 is 4.74 Å². The number of piperidine rings is 1. The summed E-state index contributed by atoms with van der Waals surface area (Å²) < 4.78 is 5.31. The number of carbonyl (C=O) groups excluding carboxylic acids is 1. The van der Waals surface area contributed by atoms with E-state index in [0.29, 0.717) is 24.5 Å². The molecule has 0 atom stereocenters. The fraction of sp³-hybridized carbons (Fsp3) is 0.276. The van der Waals surface area contributed by atoms with Crippen LogP contribution in [0.5, 0.6) is 11.5 Å². The maximum absolute atomic E-state index is 13.1. The summed E-state index contributed by atoms with van der Waals surface area (Å²) >= 11 is 0. The minimum atomic E-state index is 0.218. The number of amides is 1. The van der Waals surface area contributed by atoms with Gasteiger partial charge in [0.15, 0.2) is 0 Å². The third kappa shape index (κ3) is 4.51. The van der Waals surface area contributed by atoms with Crippen LogP contribution in [0, 0.1) is 0 Å². The third-order valence-electron chi connectivity index (χ3n) is 6.99. The SMILES string of the molecule is COc1ccc(-c2[nH]c3ccccc3c2CCC(=O)N2CCC(c3ccc(O)cc3)CC2)cc1. The number of aryl methyl sites for hydroxylation is 1. The third-order valence-corrected chi connectivity index (χ3v) is 6.99. The molecule has 1 fully saturated rings. The smallest absolute Gasteiger partial charge is 0.222 e. The zero-order valence-corrected chi connectivity index (χ0v) is 19.5. The van der Waals surface area contributed by atoms with Crippen molar-refractivity contribution >= 4 is 16.8 Å². The van der Waals surface area contributed by atoms with Gasteiger partial charge in [-0.05, 0) is 84.3 Å². The number of aromatic nitrogens is 1. The van der Waals surface area contributed by atoms with E-state index in [4.69, 9.17) is 4.74 Å². The summed E-state index contributed by atoms with van der Waals surface area (Å²) in [5, 5.41) is 10.7. The number of aromatic amines is 1. The van der Waals surface area contributed by atoms with Crippen molar-refractivity contribution in [2.45, 2.75) is 31.6 Å². The predicted octanol–water partition coefficient (Wildman–Crippen LogP) is 5.89. The Morgan fingerprint density at radius 2 is 1.71 bits per heavy atom. The molecule has 4 aromatic rings. The van der Waals surface area contributed by atoms with Gasteiger partial charge in [0.1, 0.15) is 11.5 Å². The lowest BCUT2D eigenvalue weighted by atomic mass is 9.89. The summed E-state index contributed by atoms with van der Waals surface area (Å²) in [7, 11) is 1.67. The number of rotatable bonds is 6. The minimum Gasteiger partial charge on any atom is -0.508 e. The van der Waals surface area contributed by atoms with Gasteiger partial charge in [0.2, 0.25) is 5.91 Å². The van der Waals surface area contributed by atoms with Crippen LogP contribution in [-0.4, -0.2) is 41.1 Å². The molecule has 0 unspecified atom stereocenters. The maximum atomic E-state index is 13.1. The van der Waals surface area contributed by atoms with Gasteiger partial charge in [-0.3, -0.25) is 4.79 Å². The van der Waals surface area contributed by atoms with Crippen molar-refractivity contribution in [2.24, 2.45) is 0 Å². The van der Waals surface area contributed by atoms with E-state index in [2.05, 4.69) is 29.2 Å². The molecule has 5 nitrogen and oxygen atoms in total. The number of para-hydroxylation sites is 1. The average molecular weight is 455 g/mol. The second kappa shape index (κ2) is 9.64. The van der Waals surface area contributed by atoms with E-state index in [1.165, 1.54) is 16.5 Å². The molecule has 1 aliphatic heterocycles. The van der Waals surface area contributed by atoms with Gasteiger partial charge in [-0.15, -0.1) is 0 Å². The summed E-state index contributed by atoms with van der Waals surface area (Å²) in [5.41, 5.74) is 5.68. The lowest BCUT2D eigenvalue weighted by molar-refractivity contribution is -0.132. The van der Waals surface area contributed by atoms with Crippen LogP contribution in [-0.2, 0) is 11.2 Å². The van der Waals surface area contributed by atoms with Crippen molar-refractivity contribution in [3.05, 3.63) is 83.9 Å². The zero-order valence-electron chi connectivity index (χ0n) is 19.5. The molecule has 2 N–H and O–H groups in total. The van der Waals surface area contributed by atoms with Gasteiger partial charge < -0.3 is 19.7 Å². The van der Waals surface area contributed by atoms with Crippen LogP contribution in [0.4, 0.5) is 0 Å². The molecule has 1 saturated heterocycles. The highest BCUT2D eigenvalue weighted by Crippen LogP contribution is 2.33. The molecule has 34 heavy (non-hydrogen) atoms. The van der Waals surface area contributed by atoms with Gasteiger partial charge >= 0.3 is 0 Å². The molecule has 0 saturated carbocycles. The van der Waals surface area contributed by atoms with Gasteiger partial charge in [0, 0.05) is 36.1 Å². The average Bonchev–Trinajstić information content (AvgIpc) is 3.26. The van der Waals surface area contributed by atoms with E-state index < -0.39 is 0 Å². The van der Waals surface area contributed by atoms with Crippen LogP contribution in [0.1, 0.15) is 36.3 Å². The first-order chi connectivity index (χ1) is 16.6. The van der Waals surface area contributed by atoms with E-state index >= 15 is 0 Å². The molecule has 5 rings (SSSR count). The molecule has 0 radical (unpaired) electrons. The number of nitrogens with zero attached hydrogens (tertiary/aromatic N) is 1. The molecule has 1 aromatic heterocycles. The molecular formula is C29H30N2O3. The van der Waals surface area contributed by atoms with Crippen molar-refractivity contribution in [3.63, 3.8) is 0 Å². The van der Waals surface area contributed by atoms with Gasteiger partial charge in [-0.1, -0.05) is 30.3 Å². The number of phenols is 1. The first-order valence-electron chi connectivity index (χ1n) is 11.9. The van der Waals surface area contributed by atoms with Crippen LogP contribution in [0.2, 0.25) is 0 Å². The lowest BCUT2D eigenvalue weighted by Crippen LogP contribution is -2.38. The number of carbonyl (C=O) groups is 1. The molecule has 3 aromatic carbocycles. The van der Waals surface area contributed by atoms with E-state index in [9.17, 15) is 9.90 Å². The number of phenolic OH excluding ortho intramolecular Hbond substituents is 1. The maximum Gasteiger partial charge on any atom is 0.222 e. The molecule has 0 aliphatic carbocycles. The summed E-state index contributed by atoms with van der Waals surface area (Å²) in [5.74, 6) is 1.78. The molecule has 5 heteroatoms. The molecular weight excluding hydrogens is 424 g/mol. The number of methoxy groups -OCH3 is 1. The van der Waals surface area contributed by atoms with Gasteiger partial charge in [0.05, 0.1) is 7.11 Å². The van der Waals surface area contributed by atoms with Crippen LogP contribution in [0.3, 0.4) is 0 Å². The Balaban J connectivity index is 1.28. The summed E-state index contributed by atoms with van der Waals surface area (Å²) in [6.07, 6.45) is 3.11. The van der Waals surface area contributed by atoms with E-state index in [1.54, 1.807) is 19.2 Å². The lowest BCUT2D eigenvalue weighted by Gasteiger charge is -2.32. The molecule has 1 amide bonds. The Bertz CT molecular complexity index is 1270. The molecule has 174 valence electrons. The van der Waals surface area contributed by atoms with Crippen LogP contribution in [0.15, 0.2) is 72.8 Å². The standard InChI is InChI=1S/C29H30N2O3/c1-34-24-12-8-22(9-13-24)29-26(25-4-2-3-5-27(25)30-29)14-15-28(33)31-18-16-21(17-19-31)20-6-10-23(32)11-7-20/h2-13,21,30,32H,14-19H2,1H3. The summed E-state index contributed by atoms with van der Waals surface area (Å²) in [4.78, 5) is 18.7. The quantitative estimate of drug-likeness (QED) is 0.382. The predicted molar refractivity (Wildman–Crippen MR) is 135 cm³/mol. The number of ether oxygens (including phenoxy) is 1. The Kier molecular flexibility index (Phi) is 6.26. The van der Waals surface area contributed by atoms with E-state index in [-0.39, 0.29) is 5.91 Å². The number of benzene rings is 3. The topological polar surface area (TPSA) is 65.6 Å². The molecule has 0 spiro atoms. The van der Waals surface area contributed by atoms with Crippen LogP contribution >= 0.6 is 0 Å². The Morgan fingerprint density at radius 1 is 1.00 bits per heavy atom. The number of aromatic hydroxyl groups is 1. The number of hydrogen-bond acceptors (Lipinski definition) is 3. The van der Waals surface area contributed by atoms with Crippen molar-refractivity contribution < 1.29 is 14.6 Å². The van der Waals surface area contributed by atoms with E-state index in [1.807, 2.05) is 41.3 Å². The Hall–Kier alpha value is -3.73. The molecule has 1 aliphatic rings. The van der Waals surface area contributed by atoms with Crippen LogP contribution in [0.25, 0.3) is 22.2 Å². The van der Waals surface area contributed by atoms with Crippen molar-refractivity contribution in [2.75, 3.05) is 20.2 Å². The second-order valence-corrected chi connectivity index (χ2v) is 9.00. The Morgan fingerprint density at radius 3 is 2.41 bits per heavy atom. The first kappa shape index (κ1) is 22.1. The number of H-pyrrole nitrogens is 1. The number of nitrogens with one attached hydrogen (secondary N) is 1. The van der Waals surface area contributed by atoms with Gasteiger partial charge in [-0.2, -0.15) is 0 Å².